The van der Waals surface area contributed by atoms with Crippen LogP contribution in [0.2, 0.25) is 0 Å². The number of aromatic amines is 1. The van der Waals surface area contributed by atoms with Crippen molar-refractivity contribution in [3.8, 4) is 11.3 Å². The van der Waals surface area contributed by atoms with Gasteiger partial charge in [0.1, 0.15) is 0 Å². The molecule has 148 valence electrons. The molecule has 7 nitrogen and oxygen atoms in total. The third kappa shape index (κ3) is 2.71. The van der Waals surface area contributed by atoms with Crippen molar-refractivity contribution in [1.29, 1.82) is 0 Å². The van der Waals surface area contributed by atoms with Crippen LogP contribution < -0.4 is 5.36 Å². The first-order valence-electron chi connectivity index (χ1n) is 10.5. The predicted molar refractivity (Wildman–Crippen MR) is 110 cm³/mol. The van der Waals surface area contributed by atoms with E-state index >= 15 is 0 Å². The third-order valence-electron chi connectivity index (χ3n) is 6.31. The number of piperidine rings is 1. The van der Waals surface area contributed by atoms with E-state index in [9.17, 15) is 0 Å². The van der Waals surface area contributed by atoms with Crippen molar-refractivity contribution in [3.05, 3.63) is 29.3 Å². The fraction of sp³-hybridized carbons (Fsp3) is 0.571. The minimum atomic E-state index is 0.324. The molecule has 0 saturated carbocycles. The summed E-state index contributed by atoms with van der Waals surface area (Å²) in [5, 5.41) is 20.5. The maximum Gasteiger partial charge on any atom is 0.0973 e. The van der Waals surface area contributed by atoms with Crippen LogP contribution in [0.3, 0.4) is 0 Å². The van der Waals surface area contributed by atoms with E-state index in [1.807, 2.05) is 6.20 Å². The van der Waals surface area contributed by atoms with Gasteiger partial charge in [0, 0.05) is 36.8 Å². The van der Waals surface area contributed by atoms with Gasteiger partial charge in [-0.15, -0.1) is 0 Å². The second-order valence-corrected chi connectivity index (χ2v) is 8.70. The molecule has 4 aliphatic rings. The predicted octanol–water partition coefficient (Wildman–Crippen LogP) is 2.95. The lowest BCUT2D eigenvalue weighted by Gasteiger charge is -2.37. The number of nitrogens with one attached hydrogen (secondary N) is 1. The Morgan fingerprint density at radius 1 is 1.07 bits per heavy atom. The molecule has 1 aliphatic carbocycles. The zero-order chi connectivity index (χ0) is 19.4. The Morgan fingerprint density at radius 3 is 2.57 bits per heavy atom. The molecule has 0 unspecified atom stereocenters. The SMILES string of the molecule is CC(C)N1CCC(N2Cc3c4n(C(C)C)[nH]c5cnnc(ccc3=N2)c5-4)CC1. The lowest BCUT2D eigenvalue weighted by molar-refractivity contribution is 0.0927. The average molecular weight is 380 g/mol. The third-order valence-corrected chi connectivity index (χ3v) is 6.31. The molecule has 0 spiro atoms. The molecule has 1 saturated heterocycles. The lowest BCUT2D eigenvalue weighted by Crippen LogP contribution is -2.44. The average Bonchev–Trinajstić information content (AvgIpc) is 3.24. The van der Waals surface area contributed by atoms with Crippen LogP contribution in [0.4, 0.5) is 0 Å². The standard InChI is InChI=1S/C21H29N7/c1-13(2)26-9-7-15(8-10-26)27-12-16-17(24-27)5-6-18-20-19(11-22-23-18)25-28(14(3)4)21(16)20/h5-6,11,13-15,25H,7-10,12H2,1-4H3. The molecular weight excluding hydrogens is 350 g/mol. The van der Waals surface area contributed by atoms with Gasteiger partial charge in [0.25, 0.3) is 0 Å². The molecule has 0 amide bonds. The molecule has 1 aromatic rings. The van der Waals surface area contributed by atoms with Crippen LogP contribution in [0.1, 0.15) is 52.1 Å². The van der Waals surface area contributed by atoms with Gasteiger partial charge in [-0.3, -0.25) is 14.8 Å². The summed E-state index contributed by atoms with van der Waals surface area (Å²) in [7, 11) is 0. The van der Waals surface area contributed by atoms with Gasteiger partial charge < -0.3 is 4.90 Å². The first kappa shape index (κ1) is 17.7. The summed E-state index contributed by atoms with van der Waals surface area (Å²) in [5.74, 6) is 0. The molecule has 28 heavy (non-hydrogen) atoms. The first-order valence-corrected chi connectivity index (χ1v) is 10.5. The maximum absolute atomic E-state index is 5.05. The molecule has 7 heteroatoms. The topological polar surface area (TPSA) is 65.3 Å². The molecule has 1 fully saturated rings. The molecule has 0 aromatic carbocycles. The van der Waals surface area contributed by atoms with Gasteiger partial charge in [0.15, 0.2) is 0 Å². The van der Waals surface area contributed by atoms with Crippen LogP contribution in [0, 0.1) is 0 Å². The summed E-state index contributed by atoms with van der Waals surface area (Å²) in [4.78, 5) is 2.57. The Labute approximate surface area is 165 Å². The summed E-state index contributed by atoms with van der Waals surface area (Å²) in [5.41, 5.74) is 5.65. The zero-order valence-electron chi connectivity index (χ0n) is 17.2. The van der Waals surface area contributed by atoms with E-state index in [1.165, 1.54) is 24.1 Å². The fourth-order valence-corrected chi connectivity index (χ4v) is 4.72. The number of likely N-dealkylation sites (tertiary alicyclic amines) is 1. The highest BCUT2D eigenvalue weighted by molar-refractivity contribution is 5.92. The number of H-pyrrole nitrogens is 1. The van der Waals surface area contributed by atoms with Gasteiger partial charge in [-0.1, -0.05) is 0 Å². The van der Waals surface area contributed by atoms with Crippen molar-refractivity contribution >= 4 is 11.0 Å². The van der Waals surface area contributed by atoms with E-state index in [1.54, 1.807) is 0 Å². The van der Waals surface area contributed by atoms with Crippen molar-refractivity contribution in [3.63, 3.8) is 0 Å². The second kappa shape index (κ2) is 6.58. The van der Waals surface area contributed by atoms with Gasteiger partial charge >= 0.3 is 0 Å². The summed E-state index contributed by atoms with van der Waals surface area (Å²) in [6.07, 6.45) is 4.19. The molecule has 3 aliphatic heterocycles. The fourth-order valence-electron chi connectivity index (χ4n) is 4.72. The van der Waals surface area contributed by atoms with Gasteiger partial charge in [0.2, 0.25) is 0 Å². The van der Waals surface area contributed by atoms with Crippen LogP contribution in [0.5, 0.6) is 0 Å². The van der Waals surface area contributed by atoms with Gasteiger partial charge in [0.05, 0.1) is 40.4 Å². The van der Waals surface area contributed by atoms with Crippen molar-refractivity contribution in [1.82, 2.24) is 29.9 Å². The summed E-state index contributed by atoms with van der Waals surface area (Å²) >= 11 is 0. The van der Waals surface area contributed by atoms with E-state index in [0.29, 0.717) is 18.1 Å². The van der Waals surface area contributed by atoms with E-state index < -0.39 is 0 Å². The number of fused-ring (bicyclic) bond motifs is 2. The van der Waals surface area contributed by atoms with Crippen LogP contribution >= 0.6 is 0 Å². The molecule has 0 radical (unpaired) electrons. The Balaban J connectivity index is 1.55. The number of rotatable bonds is 3. The van der Waals surface area contributed by atoms with Crippen LogP contribution in [-0.4, -0.2) is 55.1 Å². The molecule has 1 N–H and O–H groups in total. The van der Waals surface area contributed by atoms with E-state index in [-0.39, 0.29) is 0 Å². The van der Waals surface area contributed by atoms with Crippen LogP contribution in [-0.2, 0) is 6.54 Å². The molecular formula is C21H29N7. The van der Waals surface area contributed by atoms with E-state index in [0.717, 1.165) is 41.6 Å². The Bertz CT molecular complexity index is 1040. The quantitative estimate of drug-likeness (QED) is 0.760. The summed E-state index contributed by atoms with van der Waals surface area (Å²) in [6, 6.07) is 5.66. The minimum absolute atomic E-state index is 0.324. The van der Waals surface area contributed by atoms with Gasteiger partial charge in [-0.05, 0) is 52.7 Å². The minimum Gasteiger partial charge on any atom is -0.301 e. The van der Waals surface area contributed by atoms with Crippen LogP contribution in [0.25, 0.3) is 22.3 Å². The van der Waals surface area contributed by atoms with Crippen molar-refractivity contribution in [2.75, 3.05) is 13.1 Å². The van der Waals surface area contributed by atoms with Crippen LogP contribution in [0.15, 0.2) is 23.4 Å². The number of hydrogen-bond acceptors (Lipinski definition) is 5. The summed E-state index contributed by atoms with van der Waals surface area (Å²) < 4.78 is 2.25. The Morgan fingerprint density at radius 2 is 1.86 bits per heavy atom. The van der Waals surface area contributed by atoms with E-state index in [2.05, 4.69) is 69.7 Å². The molecule has 4 heterocycles. The highest BCUT2D eigenvalue weighted by atomic mass is 15.5. The number of nitrogens with zero attached hydrogens (tertiary/aromatic N) is 6. The monoisotopic (exact) mass is 379 g/mol. The molecule has 0 bridgehead atoms. The van der Waals surface area contributed by atoms with E-state index in [4.69, 9.17) is 5.10 Å². The highest BCUT2D eigenvalue weighted by Gasteiger charge is 2.31. The van der Waals surface area contributed by atoms with Gasteiger partial charge in [-0.25, -0.2) is 0 Å². The highest BCUT2D eigenvalue weighted by Crippen LogP contribution is 2.35. The smallest absolute Gasteiger partial charge is 0.0973 e. The number of aromatic nitrogens is 4. The first-order chi connectivity index (χ1) is 13.5. The maximum atomic E-state index is 5.05. The lowest BCUT2D eigenvalue weighted by atomic mass is 10.0. The zero-order valence-corrected chi connectivity index (χ0v) is 17.2. The van der Waals surface area contributed by atoms with Gasteiger partial charge in [-0.2, -0.15) is 15.3 Å². The van der Waals surface area contributed by atoms with Crippen molar-refractivity contribution in [2.45, 2.75) is 65.2 Å². The normalized spacial score (nSPS) is 18.6. The Hall–Kier alpha value is -2.41. The summed E-state index contributed by atoms with van der Waals surface area (Å²) in [6.45, 7) is 12.2. The molecule has 0 atom stereocenters. The molecule has 1 aromatic heterocycles. The second-order valence-electron chi connectivity index (χ2n) is 8.70. The molecule has 5 rings (SSSR count). The Kier molecular flexibility index (Phi) is 4.16. The largest absolute Gasteiger partial charge is 0.301 e. The number of hydrogen-bond donors (Lipinski definition) is 1. The van der Waals surface area contributed by atoms with Crippen molar-refractivity contribution < 1.29 is 0 Å². The van der Waals surface area contributed by atoms with Crippen molar-refractivity contribution in [2.24, 2.45) is 5.10 Å².